The normalized spacial score (nSPS) is 19.3. The fourth-order valence-electron chi connectivity index (χ4n) is 3.59. The Morgan fingerprint density at radius 1 is 1.14 bits per heavy atom. The molecule has 1 amide bonds. The molecule has 1 fully saturated rings. The van der Waals surface area contributed by atoms with Gasteiger partial charge in [0.05, 0.1) is 29.7 Å². The van der Waals surface area contributed by atoms with E-state index in [4.69, 9.17) is 0 Å². The summed E-state index contributed by atoms with van der Waals surface area (Å²) in [7, 11) is 0. The van der Waals surface area contributed by atoms with Crippen molar-refractivity contribution in [1.29, 1.82) is 0 Å². The number of nitrogens with zero attached hydrogens (tertiary/aromatic N) is 5. The number of aromatic nitrogens is 5. The van der Waals surface area contributed by atoms with Crippen molar-refractivity contribution in [3.05, 3.63) is 54.9 Å². The second-order valence-corrected chi connectivity index (χ2v) is 7.63. The molecular formula is C20H22N6OS. The van der Waals surface area contributed by atoms with Crippen molar-refractivity contribution in [2.45, 2.75) is 42.8 Å². The Balaban J connectivity index is 1.35. The number of hydrogen-bond donors (Lipinski definition) is 1. The Bertz CT molecular complexity index is 937. The van der Waals surface area contributed by atoms with Crippen molar-refractivity contribution in [2.75, 3.05) is 6.26 Å². The monoisotopic (exact) mass is 394 g/mol. The van der Waals surface area contributed by atoms with Crippen molar-refractivity contribution in [3.63, 3.8) is 0 Å². The number of carbonyl (C=O) groups excluding carboxylic acids is 1. The first-order chi connectivity index (χ1) is 13.7. The topological polar surface area (TPSA) is 85.6 Å². The number of carbonyl (C=O) groups is 1. The lowest BCUT2D eigenvalue weighted by Crippen LogP contribution is -2.38. The van der Waals surface area contributed by atoms with E-state index in [1.54, 1.807) is 30.9 Å². The van der Waals surface area contributed by atoms with Crippen LogP contribution in [0.5, 0.6) is 0 Å². The molecule has 3 aromatic heterocycles. The summed E-state index contributed by atoms with van der Waals surface area (Å²) in [5.41, 5.74) is 2.46. The lowest BCUT2D eigenvalue weighted by Gasteiger charge is -2.29. The van der Waals surface area contributed by atoms with Crippen molar-refractivity contribution >= 4 is 17.7 Å². The first-order valence-corrected chi connectivity index (χ1v) is 10.6. The number of hydrogen-bond acceptors (Lipinski definition) is 6. The molecule has 8 heteroatoms. The Hall–Kier alpha value is -2.74. The van der Waals surface area contributed by atoms with Gasteiger partial charge < -0.3 is 5.32 Å². The van der Waals surface area contributed by atoms with E-state index in [-0.39, 0.29) is 11.9 Å². The van der Waals surface area contributed by atoms with E-state index in [2.05, 4.69) is 25.4 Å². The molecule has 1 aliphatic rings. The van der Waals surface area contributed by atoms with Gasteiger partial charge in [-0.25, -0.2) is 4.98 Å². The first kappa shape index (κ1) is 18.6. The first-order valence-electron chi connectivity index (χ1n) is 9.35. The molecule has 3 aromatic rings. The molecule has 0 aliphatic heterocycles. The van der Waals surface area contributed by atoms with Gasteiger partial charge in [-0.2, -0.15) is 5.10 Å². The van der Waals surface area contributed by atoms with Gasteiger partial charge in [0.25, 0.3) is 5.91 Å². The average molecular weight is 395 g/mol. The van der Waals surface area contributed by atoms with Crippen molar-refractivity contribution in [1.82, 2.24) is 30.0 Å². The standard InChI is InChI=1S/C20H22N6OS/c1-28-20-17(3-2-8-23-20)19(27)25-15-4-6-16(7-5-15)26-13-14(11-24-26)18-12-21-9-10-22-18/h2-3,8-13,15-16H,4-7H2,1H3,(H,25,27). The maximum atomic E-state index is 12.6. The molecular weight excluding hydrogens is 372 g/mol. The summed E-state index contributed by atoms with van der Waals surface area (Å²) >= 11 is 1.49. The molecule has 4 rings (SSSR count). The molecule has 1 N–H and O–H groups in total. The number of nitrogens with one attached hydrogen (secondary N) is 1. The van der Waals surface area contributed by atoms with Gasteiger partial charge in [-0.15, -0.1) is 11.8 Å². The summed E-state index contributed by atoms with van der Waals surface area (Å²) in [6, 6.07) is 4.17. The van der Waals surface area contributed by atoms with Gasteiger partial charge in [0.2, 0.25) is 0 Å². The molecule has 0 saturated heterocycles. The van der Waals surface area contributed by atoms with E-state index < -0.39 is 0 Å². The predicted octanol–water partition coefficient (Wildman–Crippen LogP) is 3.37. The third-order valence-electron chi connectivity index (χ3n) is 5.08. The maximum absolute atomic E-state index is 12.6. The van der Waals surface area contributed by atoms with Crippen molar-refractivity contribution < 1.29 is 4.79 Å². The van der Waals surface area contributed by atoms with Gasteiger partial charge in [0, 0.05) is 36.4 Å². The summed E-state index contributed by atoms with van der Waals surface area (Å²) in [6.45, 7) is 0. The van der Waals surface area contributed by atoms with Crippen LogP contribution in [0.2, 0.25) is 0 Å². The third-order valence-corrected chi connectivity index (χ3v) is 5.79. The molecule has 0 bridgehead atoms. The Kier molecular flexibility index (Phi) is 5.66. The van der Waals surface area contributed by atoms with Crippen molar-refractivity contribution in [2.24, 2.45) is 0 Å². The van der Waals surface area contributed by atoms with Crippen LogP contribution in [0.25, 0.3) is 11.3 Å². The summed E-state index contributed by atoms with van der Waals surface area (Å²) in [5.74, 6) is -0.0371. The summed E-state index contributed by atoms with van der Waals surface area (Å²) < 4.78 is 2.02. The van der Waals surface area contributed by atoms with E-state index in [1.807, 2.05) is 29.4 Å². The highest BCUT2D eigenvalue weighted by Crippen LogP contribution is 2.29. The van der Waals surface area contributed by atoms with E-state index in [9.17, 15) is 4.79 Å². The van der Waals surface area contributed by atoms with Crippen LogP contribution in [-0.4, -0.2) is 42.9 Å². The lowest BCUT2D eigenvalue weighted by atomic mass is 9.91. The van der Waals surface area contributed by atoms with Gasteiger partial charge in [-0.3, -0.25) is 19.4 Å². The minimum absolute atomic E-state index is 0.0371. The predicted molar refractivity (Wildman–Crippen MR) is 108 cm³/mol. The quantitative estimate of drug-likeness (QED) is 0.668. The Morgan fingerprint density at radius 3 is 2.75 bits per heavy atom. The van der Waals surface area contributed by atoms with E-state index in [0.717, 1.165) is 42.0 Å². The van der Waals surface area contributed by atoms with Crippen LogP contribution in [0.1, 0.15) is 42.1 Å². The van der Waals surface area contributed by atoms with Crippen LogP contribution in [0.4, 0.5) is 0 Å². The van der Waals surface area contributed by atoms with E-state index in [1.165, 1.54) is 11.8 Å². The van der Waals surface area contributed by atoms with E-state index >= 15 is 0 Å². The number of amides is 1. The molecule has 144 valence electrons. The second-order valence-electron chi connectivity index (χ2n) is 6.84. The molecule has 1 saturated carbocycles. The molecule has 0 unspecified atom stereocenters. The van der Waals surface area contributed by atoms with Crippen LogP contribution in [-0.2, 0) is 0 Å². The summed E-state index contributed by atoms with van der Waals surface area (Å²) in [5, 5.41) is 8.46. The second kappa shape index (κ2) is 8.52. The van der Waals surface area contributed by atoms with Crippen LogP contribution >= 0.6 is 11.8 Å². The number of rotatable bonds is 5. The Morgan fingerprint density at radius 2 is 2.00 bits per heavy atom. The zero-order chi connectivity index (χ0) is 19.3. The van der Waals surface area contributed by atoms with Crippen LogP contribution in [0, 0.1) is 0 Å². The fraction of sp³-hybridized carbons (Fsp3) is 0.350. The van der Waals surface area contributed by atoms with Gasteiger partial charge in [-0.1, -0.05) is 0 Å². The zero-order valence-corrected chi connectivity index (χ0v) is 16.5. The minimum atomic E-state index is -0.0371. The molecule has 1 aliphatic carbocycles. The minimum Gasteiger partial charge on any atom is -0.349 e. The largest absolute Gasteiger partial charge is 0.349 e. The fourth-order valence-corrected chi connectivity index (χ4v) is 4.14. The van der Waals surface area contributed by atoms with Gasteiger partial charge >= 0.3 is 0 Å². The van der Waals surface area contributed by atoms with Gasteiger partial charge in [0.1, 0.15) is 5.03 Å². The SMILES string of the molecule is CSc1ncccc1C(=O)NC1CCC(n2cc(-c3cnccn3)cn2)CC1. The maximum Gasteiger partial charge on any atom is 0.254 e. The molecule has 0 atom stereocenters. The average Bonchev–Trinajstić information content (AvgIpc) is 3.25. The summed E-state index contributed by atoms with van der Waals surface area (Å²) in [4.78, 5) is 25.3. The lowest BCUT2D eigenvalue weighted by molar-refractivity contribution is 0.0918. The number of pyridine rings is 1. The smallest absolute Gasteiger partial charge is 0.254 e. The van der Waals surface area contributed by atoms with Crippen molar-refractivity contribution in [3.8, 4) is 11.3 Å². The van der Waals surface area contributed by atoms with E-state index in [0.29, 0.717) is 11.6 Å². The van der Waals surface area contributed by atoms with Crippen LogP contribution in [0.3, 0.4) is 0 Å². The Labute approximate surface area is 168 Å². The third kappa shape index (κ3) is 4.06. The van der Waals surface area contributed by atoms with Gasteiger partial charge in [0.15, 0.2) is 0 Å². The highest BCUT2D eigenvalue weighted by Gasteiger charge is 2.25. The molecule has 7 nitrogen and oxygen atoms in total. The summed E-state index contributed by atoms with van der Waals surface area (Å²) in [6.07, 6.45) is 16.5. The molecule has 0 aromatic carbocycles. The highest BCUT2D eigenvalue weighted by molar-refractivity contribution is 7.98. The zero-order valence-electron chi connectivity index (χ0n) is 15.7. The highest BCUT2D eigenvalue weighted by atomic mass is 32.2. The van der Waals surface area contributed by atoms with Crippen LogP contribution < -0.4 is 5.32 Å². The molecule has 0 spiro atoms. The van der Waals surface area contributed by atoms with Crippen LogP contribution in [0.15, 0.2) is 54.3 Å². The molecule has 3 heterocycles. The number of thioether (sulfide) groups is 1. The molecule has 28 heavy (non-hydrogen) atoms. The van der Waals surface area contributed by atoms with Gasteiger partial charge in [-0.05, 0) is 44.1 Å². The molecule has 0 radical (unpaired) electrons.